The Hall–Kier alpha value is -2.70. The number of anilines is 1. The van der Waals surface area contributed by atoms with Crippen molar-refractivity contribution in [1.82, 2.24) is 20.1 Å². The van der Waals surface area contributed by atoms with Gasteiger partial charge in [-0.2, -0.15) is 0 Å². The number of fused-ring (bicyclic) bond motifs is 1. The average molecular weight is 576 g/mol. The lowest BCUT2D eigenvalue weighted by Gasteiger charge is -2.14. The van der Waals surface area contributed by atoms with E-state index in [2.05, 4.69) is 27.8 Å². The number of thiophene rings is 2. The molecule has 0 spiro atoms. The van der Waals surface area contributed by atoms with Crippen molar-refractivity contribution in [3.8, 4) is 0 Å². The van der Waals surface area contributed by atoms with Crippen LogP contribution in [0.3, 0.4) is 0 Å². The number of nitrogens with zero attached hydrogens (tertiary/aromatic N) is 3. The fourth-order valence-electron chi connectivity index (χ4n) is 4.23. The van der Waals surface area contributed by atoms with Gasteiger partial charge in [-0.15, -0.1) is 32.9 Å². The van der Waals surface area contributed by atoms with Gasteiger partial charge < -0.3 is 19.9 Å². The van der Waals surface area contributed by atoms with Crippen molar-refractivity contribution in [2.75, 3.05) is 11.9 Å². The Kier molecular flexibility index (Phi) is 9.97. The molecule has 2 N–H and O–H groups in total. The van der Waals surface area contributed by atoms with Crippen LogP contribution in [-0.2, 0) is 35.5 Å². The number of aryl methyl sites for hydroxylation is 1. The lowest BCUT2D eigenvalue weighted by Crippen LogP contribution is -2.25. The third-order valence-electron chi connectivity index (χ3n) is 6.22. The molecule has 1 aliphatic rings. The molecule has 0 fully saturated rings. The number of amides is 2. The van der Waals surface area contributed by atoms with E-state index in [9.17, 15) is 14.4 Å². The summed E-state index contributed by atoms with van der Waals surface area (Å²) in [5.74, 6) is -0.0928. The summed E-state index contributed by atoms with van der Waals surface area (Å²) >= 11 is 4.18. The van der Waals surface area contributed by atoms with Gasteiger partial charge in [0, 0.05) is 11.4 Å². The average Bonchev–Trinajstić information content (AvgIpc) is 3.65. The zero-order valence-corrected chi connectivity index (χ0v) is 24.3. The van der Waals surface area contributed by atoms with E-state index >= 15 is 0 Å². The Labute approximate surface area is 234 Å². The molecule has 3 aromatic rings. The number of hydrogen-bond donors (Lipinski definition) is 2. The quantitative estimate of drug-likeness (QED) is 0.222. The molecule has 1 unspecified atom stereocenters. The molecule has 1 atom stereocenters. The highest BCUT2D eigenvalue weighted by Gasteiger charge is 2.29. The summed E-state index contributed by atoms with van der Waals surface area (Å²) in [5, 5.41) is 17.1. The molecule has 0 saturated carbocycles. The second kappa shape index (κ2) is 13.4. The van der Waals surface area contributed by atoms with Gasteiger partial charge in [-0.25, -0.2) is 4.79 Å². The first-order valence-corrected chi connectivity index (χ1v) is 15.5. The first-order valence-electron chi connectivity index (χ1n) is 13.0. The number of rotatable bonds is 12. The fraction of sp³-hybridized carbons (Fsp3) is 0.500. The summed E-state index contributed by atoms with van der Waals surface area (Å²) < 4.78 is 7.28. The maximum Gasteiger partial charge on any atom is 0.341 e. The van der Waals surface area contributed by atoms with E-state index in [-0.39, 0.29) is 30.9 Å². The van der Waals surface area contributed by atoms with E-state index < -0.39 is 5.25 Å². The molecule has 0 bridgehead atoms. The topological polar surface area (TPSA) is 115 Å². The van der Waals surface area contributed by atoms with Gasteiger partial charge in [-0.1, -0.05) is 31.2 Å². The minimum Gasteiger partial charge on any atom is -0.462 e. The zero-order chi connectivity index (χ0) is 27.1. The molecule has 0 radical (unpaired) electrons. The molecule has 1 aliphatic carbocycles. The van der Waals surface area contributed by atoms with Crippen molar-refractivity contribution >= 4 is 57.2 Å². The smallest absolute Gasteiger partial charge is 0.341 e. The molecule has 2 amide bonds. The minimum atomic E-state index is -0.484. The predicted molar refractivity (Wildman–Crippen MR) is 151 cm³/mol. The first-order chi connectivity index (χ1) is 18.4. The predicted octanol–water partition coefficient (Wildman–Crippen LogP) is 5.31. The van der Waals surface area contributed by atoms with Gasteiger partial charge in [0.1, 0.15) is 5.00 Å². The SMILES string of the molecule is CCCCn1c(CNC(=O)c2cccs2)nnc1SC(C)C(=O)Nc1sc2c(c1C(=O)OCC)CCCC2. The molecule has 3 heterocycles. The molecule has 0 aliphatic heterocycles. The lowest BCUT2D eigenvalue weighted by molar-refractivity contribution is -0.115. The van der Waals surface area contributed by atoms with Crippen LogP contribution in [0.1, 0.15) is 82.7 Å². The van der Waals surface area contributed by atoms with E-state index in [0.29, 0.717) is 33.0 Å². The largest absolute Gasteiger partial charge is 0.462 e. The van der Waals surface area contributed by atoms with Crippen LogP contribution in [0.25, 0.3) is 0 Å². The Morgan fingerprint density at radius 2 is 2.03 bits per heavy atom. The number of unbranched alkanes of at least 4 members (excludes halogenated alkanes) is 1. The van der Waals surface area contributed by atoms with Crippen molar-refractivity contribution in [2.24, 2.45) is 0 Å². The van der Waals surface area contributed by atoms with Gasteiger partial charge >= 0.3 is 5.97 Å². The van der Waals surface area contributed by atoms with E-state index in [1.165, 1.54) is 34.4 Å². The third kappa shape index (κ3) is 6.65. The fourth-order valence-corrected chi connectivity index (χ4v) is 7.04. The molecular formula is C26H33N5O4S3. The van der Waals surface area contributed by atoms with Crippen LogP contribution in [0, 0.1) is 0 Å². The summed E-state index contributed by atoms with van der Waals surface area (Å²) in [6, 6.07) is 3.62. The molecular weight excluding hydrogens is 543 g/mol. The van der Waals surface area contributed by atoms with Crippen LogP contribution < -0.4 is 10.6 Å². The number of carbonyl (C=O) groups excluding carboxylic acids is 3. The summed E-state index contributed by atoms with van der Waals surface area (Å²) in [7, 11) is 0. The van der Waals surface area contributed by atoms with Gasteiger partial charge in [0.05, 0.1) is 28.8 Å². The molecule has 0 aromatic carbocycles. The van der Waals surface area contributed by atoms with Gasteiger partial charge in [0.15, 0.2) is 11.0 Å². The monoisotopic (exact) mass is 575 g/mol. The molecule has 12 heteroatoms. The highest BCUT2D eigenvalue weighted by molar-refractivity contribution is 8.00. The van der Waals surface area contributed by atoms with E-state index in [4.69, 9.17) is 4.74 Å². The number of ether oxygens (including phenoxy) is 1. The summed E-state index contributed by atoms with van der Waals surface area (Å²) in [6.45, 7) is 6.92. The van der Waals surface area contributed by atoms with Crippen molar-refractivity contribution < 1.29 is 19.1 Å². The second-order valence-corrected chi connectivity index (χ2v) is 12.3. The van der Waals surface area contributed by atoms with Crippen LogP contribution in [-0.4, -0.2) is 44.4 Å². The van der Waals surface area contributed by atoms with Gasteiger partial charge in [-0.3, -0.25) is 9.59 Å². The molecule has 38 heavy (non-hydrogen) atoms. The van der Waals surface area contributed by atoms with Crippen molar-refractivity contribution in [3.05, 3.63) is 44.2 Å². The zero-order valence-electron chi connectivity index (χ0n) is 21.9. The number of esters is 1. The van der Waals surface area contributed by atoms with Crippen LogP contribution in [0.15, 0.2) is 22.7 Å². The van der Waals surface area contributed by atoms with E-state index in [1.54, 1.807) is 13.0 Å². The Bertz CT molecular complexity index is 1270. The van der Waals surface area contributed by atoms with Crippen LogP contribution >= 0.6 is 34.4 Å². The molecule has 0 saturated heterocycles. The Morgan fingerprint density at radius 1 is 1.21 bits per heavy atom. The highest BCUT2D eigenvalue weighted by atomic mass is 32.2. The summed E-state index contributed by atoms with van der Waals surface area (Å²) in [4.78, 5) is 40.2. The Morgan fingerprint density at radius 3 is 2.76 bits per heavy atom. The van der Waals surface area contributed by atoms with E-state index in [1.807, 2.05) is 22.9 Å². The number of aromatic nitrogens is 3. The van der Waals surface area contributed by atoms with Crippen LogP contribution in [0.4, 0.5) is 5.00 Å². The number of hydrogen-bond acceptors (Lipinski definition) is 9. The minimum absolute atomic E-state index is 0.150. The highest BCUT2D eigenvalue weighted by Crippen LogP contribution is 2.39. The maximum atomic E-state index is 13.3. The number of carbonyl (C=O) groups is 3. The lowest BCUT2D eigenvalue weighted by atomic mass is 9.95. The number of thioether (sulfide) groups is 1. The summed E-state index contributed by atoms with van der Waals surface area (Å²) in [5.41, 5.74) is 1.52. The van der Waals surface area contributed by atoms with Gasteiger partial charge in [0.25, 0.3) is 5.91 Å². The Balaban J connectivity index is 1.46. The third-order valence-corrected chi connectivity index (χ3v) is 9.38. The van der Waals surface area contributed by atoms with Gasteiger partial charge in [0.2, 0.25) is 5.91 Å². The molecule has 3 aromatic heterocycles. The summed E-state index contributed by atoms with van der Waals surface area (Å²) in [6.07, 6.45) is 5.75. The molecule has 9 nitrogen and oxygen atoms in total. The number of nitrogens with one attached hydrogen (secondary N) is 2. The van der Waals surface area contributed by atoms with Crippen LogP contribution in [0.2, 0.25) is 0 Å². The second-order valence-electron chi connectivity index (χ2n) is 8.95. The van der Waals surface area contributed by atoms with Crippen molar-refractivity contribution in [2.45, 2.75) is 82.8 Å². The first kappa shape index (κ1) is 28.3. The normalized spacial score (nSPS) is 13.6. The van der Waals surface area contributed by atoms with Gasteiger partial charge in [-0.05, 0) is 63.0 Å². The maximum absolute atomic E-state index is 13.3. The van der Waals surface area contributed by atoms with E-state index in [0.717, 1.165) is 49.0 Å². The standard InChI is InChI=1S/C26H33N5O4S3/c1-4-6-13-31-20(15-27-23(33)19-12-9-14-36-19)29-30-26(31)37-16(3)22(32)28-24-21(25(34)35-5-2)17-10-7-8-11-18(17)38-24/h9,12,14,16H,4-8,10-11,13,15H2,1-3H3,(H,27,33)(H,28,32). The molecule has 4 rings (SSSR count). The molecule has 204 valence electrons. The van der Waals surface area contributed by atoms with Crippen molar-refractivity contribution in [3.63, 3.8) is 0 Å². The van der Waals surface area contributed by atoms with Crippen LogP contribution in [0.5, 0.6) is 0 Å². The van der Waals surface area contributed by atoms with Crippen molar-refractivity contribution in [1.29, 1.82) is 0 Å².